The van der Waals surface area contributed by atoms with Crippen LogP contribution in [0.5, 0.6) is 0 Å². The number of benzene rings is 1. The van der Waals surface area contributed by atoms with Gasteiger partial charge in [0.2, 0.25) is 5.91 Å². The van der Waals surface area contributed by atoms with E-state index in [1.807, 2.05) is 16.8 Å². The number of carbonyl (C=O) groups is 1. The van der Waals surface area contributed by atoms with Crippen LogP contribution in [0.1, 0.15) is 11.6 Å². The van der Waals surface area contributed by atoms with Gasteiger partial charge in [-0.15, -0.1) is 0 Å². The van der Waals surface area contributed by atoms with Crippen LogP contribution in [-0.4, -0.2) is 5.91 Å². The molecule has 1 aromatic carbocycles. The molecule has 1 atom stereocenters. The number of amides is 1. The van der Waals surface area contributed by atoms with Crippen molar-refractivity contribution in [3.05, 3.63) is 52.5 Å². The highest BCUT2D eigenvalue weighted by Gasteiger charge is 2.17. The molecule has 0 radical (unpaired) electrons. The van der Waals surface area contributed by atoms with Crippen molar-refractivity contribution >= 4 is 22.9 Å². The molecule has 17 heavy (non-hydrogen) atoms. The van der Waals surface area contributed by atoms with Gasteiger partial charge in [-0.1, -0.05) is 6.07 Å². The molecule has 1 aromatic heterocycles. The van der Waals surface area contributed by atoms with Crippen molar-refractivity contribution in [3.63, 3.8) is 0 Å². The van der Waals surface area contributed by atoms with Crippen molar-refractivity contribution in [2.24, 2.45) is 5.73 Å². The van der Waals surface area contributed by atoms with Gasteiger partial charge in [0, 0.05) is 5.69 Å². The Hall–Kier alpha value is -1.88. The van der Waals surface area contributed by atoms with E-state index < -0.39 is 11.9 Å². The Labute approximate surface area is 102 Å². The first kappa shape index (κ1) is 11.6. The van der Waals surface area contributed by atoms with Crippen LogP contribution in [0, 0.1) is 5.82 Å². The van der Waals surface area contributed by atoms with E-state index in [0.717, 1.165) is 5.56 Å². The fourth-order valence-electron chi connectivity index (χ4n) is 1.50. The van der Waals surface area contributed by atoms with Crippen molar-refractivity contribution in [1.82, 2.24) is 0 Å². The quantitative estimate of drug-likeness (QED) is 0.876. The lowest BCUT2D eigenvalue weighted by atomic mass is 10.1. The molecule has 0 saturated heterocycles. The SMILES string of the molecule is NC(=O)C(Nc1cccc(F)c1)c1ccsc1. The lowest BCUT2D eigenvalue weighted by Gasteiger charge is -2.15. The average molecular weight is 250 g/mol. The number of hydrogen-bond acceptors (Lipinski definition) is 3. The van der Waals surface area contributed by atoms with E-state index in [0.29, 0.717) is 5.69 Å². The van der Waals surface area contributed by atoms with E-state index in [2.05, 4.69) is 5.32 Å². The largest absolute Gasteiger partial charge is 0.370 e. The molecule has 0 fully saturated rings. The number of nitrogens with one attached hydrogen (secondary N) is 1. The molecule has 0 spiro atoms. The van der Waals surface area contributed by atoms with Gasteiger partial charge in [-0.25, -0.2) is 4.39 Å². The van der Waals surface area contributed by atoms with E-state index in [4.69, 9.17) is 5.73 Å². The van der Waals surface area contributed by atoms with Gasteiger partial charge in [0.05, 0.1) is 0 Å². The summed E-state index contributed by atoms with van der Waals surface area (Å²) in [6.45, 7) is 0. The van der Waals surface area contributed by atoms with E-state index in [1.54, 1.807) is 12.1 Å². The summed E-state index contributed by atoms with van der Waals surface area (Å²) in [4.78, 5) is 11.4. The summed E-state index contributed by atoms with van der Waals surface area (Å²) in [5, 5.41) is 6.61. The molecule has 1 heterocycles. The van der Waals surface area contributed by atoms with Gasteiger partial charge in [-0.05, 0) is 40.6 Å². The second-order valence-corrected chi connectivity index (χ2v) is 4.33. The minimum Gasteiger partial charge on any atom is -0.370 e. The predicted molar refractivity (Wildman–Crippen MR) is 66.3 cm³/mol. The molecule has 2 rings (SSSR count). The summed E-state index contributed by atoms with van der Waals surface area (Å²) in [6.07, 6.45) is 0. The van der Waals surface area contributed by atoms with Crippen molar-refractivity contribution in [2.45, 2.75) is 6.04 Å². The van der Waals surface area contributed by atoms with Gasteiger partial charge in [0.15, 0.2) is 0 Å². The molecule has 0 saturated carbocycles. The first-order chi connectivity index (χ1) is 8.16. The summed E-state index contributed by atoms with van der Waals surface area (Å²) < 4.78 is 13.0. The minimum absolute atomic E-state index is 0.358. The number of primary amides is 1. The fourth-order valence-corrected chi connectivity index (χ4v) is 2.19. The Morgan fingerprint density at radius 1 is 1.41 bits per heavy atom. The van der Waals surface area contributed by atoms with Gasteiger partial charge in [0.25, 0.3) is 0 Å². The summed E-state index contributed by atoms with van der Waals surface area (Å²) in [5.74, 6) is -0.851. The third-order valence-electron chi connectivity index (χ3n) is 2.30. The second-order valence-electron chi connectivity index (χ2n) is 3.55. The van der Waals surface area contributed by atoms with Gasteiger partial charge in [0.1, 0.15) is 11.9 Å². The van der Waals surface area contributed by atoms with Gasteiger partial charge < -0.3 is 11.1 Å². The number of rotatable bonds is 4. The molecule has 0 aliphatic carbocycles. The zero-order chi connectivity index (χ0) is 12.3. The maximum absolute atomic E-state index is 13.0. The summed E-state index contributed by atoms with van der Waals surface area (Å²) in [6, 6.07) is 7.10. The number of halogens is 1. The molecule has 0 bridgehead atoms. The van der Waals surface area contributed by atoms with Crippen LogP contribution in [0.3, 0.4) is 0 Å². The Bertz CT molecular complexity index is 513. The topological polar surface area (TPSA) is 55.1 Å². The zero-order valence-electron chi connectivity index (χ0n) is 8.89. The van der Waals surface area contributed by atoms with Crippen LogP contribution < -0.4 is 11.1 Å². The van der Waals surface area contributed by atoms with Crippen LogP contribution >= 0.6 is 11.3 Å². The lowest BCUT2D eigenvalue weighted by Crippen LogP contribution is -2.27. The molecule has 0 aliphatic heterocycles. The highest BCUT2D eigenvalue weighted by Crippen LogP contribution is 2.21. The van der Waals surface area contributed by atoms with E-state index in [1.165, 1.54) is 23.5 Å². The number of hydrogen-bond donors (Lipinski definition) is 2. The molecule has 5 heteroatoms. The Balaban J connectivity index is 2.22. The monoisotopic (exact) mass is 250 g/mol. The number of anilines is 1. The predicted octanol–water partition coefficient (Wildman–Crippen LogP) is 2.53. The molecule has 0 aliphatic rings. The van der Waals surface area contributed by atoms with E-state index in [9.17, 15) is 9.18 Å². The summed E-state index contributed by atoms with van der Waals surface area (Å²) in [7, 11) is 0. The molecular formula is C12H11FN2OS. The molecule has 1 unspecified atom stereocenters. The normalized spacial score (nSPS) is 12.1. The highest BCUT2D eigenvalue weighted by atomic mass is 32.1. The van der Waals surface area contributed by atoms with Crippen LogP contribution in [0.4, 0.5) is 10.1 Å². The van der Waals surface area contributed by atoms with Crippen LogP contribution in [0.15, 0.2) is 41.1 Å². The third kappa shape index (κ3) is 2.82. The number of nitrogens with two attached hydrogens (primary N) is 1. The van der Waals surface area contributed by atoms with E-state index >= 15 is 0 Å². The Morgan fingerprint density at radius 2 is 2.24 bits per heavy atom. The van der Waals surface area contributed by atoms with E-state index in [-0.39, 0.29) is 5.82 Å². The number of thiophene rings is 1. The van der Waals surface area contributed by atoms with Crippen molar-refractivity contribution in [2.75, 3.05) is 5.32 Å². The average Bonchev–Trinajstić information content (AvgIpc) is 2.78. The standard InChI is InChI=1S/C12H11FN2OS/c13-9-2-1-3-10(6-9)15-11(12(14)16)8-4-5-17-7-8/h1-7,11,15H,(H2,14,16). The van der Waals surface area contributed by atoms with Gasteiger partial charge in [-0.2, -0.15) is 11.3 Å². The maximum Gasteiger partial charge on any atom is 0.244 e. The first-order valence-corrected chi connectivity index (χ1v) is 5.94. The molecular weight excluding hydrogens is 239 g/mol. The first-order valence-electron chi connectivity index (χ1n) is 5.00. The molecule has 1 amide bonds. The van der Waals surface area contributed by atoms with Crippen molar-refractivity contribution in [3.8, 4) is 0 Å². The van der Waals surface area contributed by atoms with Gasteiger partial charge in [-0.3, -0.25) is 4.79 Å². The summed E-state index contributed by atoms with van der Waals surface area (Å²) >= 11 is 1.48. The zero-order valence-corrected chi connectivity index (χ0v) is 9.71. The molecule has 2 aromatic rings. The maximum atomic E-state index is 13.0. The van der Waals surface area contributed by atoms with Crippen molar-refractivity contribution < 1.29 is 9.18 Å². The number of carbonyl (C=O) groups excluding carboxylic acids is 1. The van der Waals surface area contributed by atoms with Crippen LogP contribution in [0.2, 0.25) is 0 Å². The minimum atomic E-state index is -0.636. The smallest absolute Gasteiger partial charge is 0.244 e. The lowest BCUT2D eigenvalue weighted by molar-refractivity contribution is -0.118. The molecule has 3 nitrogen and oxygen atoms in total. The van der Waals surface area contributed by atoms with Crippen molar-refractivity contribution in [1.29, 1.82) is 0 Å². The molecule has 88 valence electrons. The molecule has 3 N–H and O–H groups in total. The Kier molecular flexibility index (Phi) is 3.39. The highest BCUT2D eigenvalue weighted by molar-refractivity contribution is 7.08. The summed E-state index contributed by atoms with van der Waals surface area (Å²) in [5.41, 5.74) is 6.64. The third-order valence-corrected chi connectivity index (χ3v) is 3.00. The van der Waals surface area contributed by atoms with Crippen LogP contribution in [0.25, 0.3) is 0 Å². The van der Waals surface area contributed by atoms with Gasteiger partial charge >= 0.3 is 0 Å². The fraction of sp³-hybridized carbons (Fsp3) is 0.0833. The van der Waals surface area contributed by atoms with Crippen LogP contribution in [-0.2, 0) is 4.79 Å². The second kappa shape index (κ2) is 4.97. The Morgan fingerprint density at radius 3 is 2.82 bits per heavy atom.